The molecule has 0 aromatic rings. The van der Waals surface area contributed by atoms with Crippen LogP contribution >= 0.6 is 0 Å². The fourth-order valence-electron chi connectivity index (χ4n) is 9.62. The number of carboxylic acid groups (broad SMARTS) is 1. The van der Waals surface area contributed by atoms with Crippen LogP contribution in [0.4, 0.5) is 4.79 Å². The van der Waals surface area contributed by atoms with Crippen molar-refractivity contribution in [3.05, 3.63) is 12.2 Å². The van der Waals surface area contributed by atoms with Gasteiger partial charge in [-0.2, -0.15) is 0 Å². The van der Waals surface area contributed by atoms with E-state index in [9.17, 15) is 9.59 Å². The molecule has 1 aliphatic carbocycles. The first-order chi connectivity index (χ1) is 62.2. The Hall–Kier alpha value is -2.96. The molecule has 0 aromatic carbocycles. The Morgan fingerprint density at radius 2 is 0.328 bits per heavy atom. The largest absolute Gasteiger partial charge is 0.481 e. The number of carboxylic acids is 1. The lowest BCUT2D eigenvalue weighted by molar-refractivity contribution is -0.138. The number of aliphatic carboxylic acids is 1. The number of hydrogen-bond donors (Lipinski definition) is 2. The molecular weight excluding hydrogens is 1660 g/mol. The summed E-state index contributed by atoms with van der Waals surface area (Å²) in [5.74, 6) is -0.882. The van der Waals surface area contributed by atoms with Gasteiger partial charge < -0.3 is 186 Å². The highest BCUT2D eigenvalue weighted by Crippen LogP contribution is 2.15. The molecule has 0 saturated heterocycles. The van der Waals surface area contributed by atoms with Gasteiger partial charge in [-0.3, -0.25) is 4.79 Å². The number of allylic oxidation sites excluding steroid dienone is 2. The van der Waals surface area contributed by atoms with E-state index in [1.54, 1.807) is 0 Å². The van der Waals surface area contributed by atoms with Gasteiger partial charge in [-0.05, 0) is 32.1 Å². The molecule has 0 saturated carbocycles. The first kappa shape index (κ1) is 120. The third-order valence-corrected chi connectivity index (χ3v) is 16.0. The molecule has 41 heteroatoms. The van der Waals surface area contributed by atoms with E-state index in [4.69, 9.17) is 180 Å². The average molecular weight is 1830 g/mol. The second-order valence-corrected chi connectivity index (χ2v) is 26.1. The van der Waals surface area contributed by atoms with Gasteiger partial charge in [-0.15, -0.1) is 0 Å². The van der Waals surface area contributed by atoms with Crippen molar-refractivity contribution in [2.24, 2.45) is 0 Å². The van der Waals surface area contributed by atoms with E-state index in [0.717, 1.165) is 32.1 Å². The minimum absolute atomic E-state index is 0.0130. The van der Waals surface area contributed by atoms with Gasteiger partial charge in [0.15, 0.2) is 0 Å². The molecule has 2 N–H and O–H groups in total. The summed E-state index contributed by atoms with van der Waals surface area (Å²) in [6.45, 7) is 33.7. The Bertz CT molecular complexity index is 2010. The molecule has 0 spiro atoms. The number of ether oxygens (including phenoxy) is 37. The van der Waals surface area contributed by atoms with Crippen LogP contribution in [-0.4, -0.2) is 506 Å². The van der Waals surface area contributed by atoms with Crippen molar-refractivity contribution in [1.29, 1.82) is 0 Å². The summed E-state index contributed by atoms with van der Waals surface area (Å²) in [5, 5.41) is 11.3. The fourth-order valence-corrected chi connectivity index (χ4v) is 9.62. The Morgan fingerprint density at radius 3 is 0.480 bits per heavy atom. The zero-order chi connectivity index (χ0) is 88.9. The molecule has 0 bridgehead atoms. The molecular formula is C84H163NO40. The lowest BCUT2D eigenvalue weighted by atomic mass is 10.0. The highest BCUT2D eigenvalue weighted by Gasteiger charge is 2.15. The number of hydrogen-bond acceptors (Lipinski definition) is 39. The lowest BCUT2D eigenvalue weighted by Crippen LogP contribution is -2.31. The van der Waals surface area contributed by atoms with Crippen LogP contribution < -0.4 is 5.32 Å². The number of alkyl carbamates (subject to hydrolysis) is 1. The van der Waals surface area contributed by atoms with E-state index in [1.165, 1.54) is 0 Å². The normalized spacial score (nSPS) is 13.4. The van der Waals surface area contributed by atoms with E-state index in [0.29, 0.717) is 476 Å². The van der Waals surface area contributed by atoms with Crippen LogP contribution in [0.5, 0.6) is 0 Å². The third-order valence-electron chi connectivity index (χ3n) is 16.0. The molecule has 0 fully saturated rings. The van der Waals surface area contributed by atoms with Crippen LogP contribution in [0.15, 0.2) is 12.2 Å². The molecule has 0 heterocycles. The lowest BCUT2D eigenvalue weighted by Gasteiger charge is -2.18. The van der Waals surface area contributed by atoms with E-state index in [1.807, 2.05) is 0 Å². The number of rotatable bonds is 112. The van der Waals surface area contributed by atoms with Gasteiger partial charge in [-0.25, -0.2) is 4.79 Å². The Kier molecular flexibility index (Phi) is 107. The van der Waals surface area contributed by atoms with Crippen molar-refractivity contribution in [2.75, 3.05) is 482 Å². The summed E-state index contributed by atoms with van der Waals surface area (Å²) in [5.41, 5.74) is 0. The van der Waals surface area contributed by atoms with Gasteiger partial charge in [0, 0.05) is 6.54 Å². The third kappa shape index (κ3) is 110. The highest BCUT2D eigenvalue weighted by atomic mass is 16.6. The van der Waals surface area contributed by atoms with Crippen molar-refractivity contribution in [1.82, 2.24) is 5.32 Å². The standard InChI is InChI=1S/C84H163NO40/c86-83(87)8-10-89-12-14-91-16-18-93-20-22-95-24-26-97-28-30-99-32-34-101-36-38-103-40-42-105-44-46-107-48-50-109-52-54-111-56-58-113-60-62-115-64-66-117-68-70-119-72-74-121-76-78-123-80-81-124-79-77-122-75-73-120-71-69-118-67-65-116-63-61-114-59-57-112-55-53-110-51-49-108-47-45-106-43-41-104-39-37-102-35-33-100-31-29-98-27-25-96-23-21-94-19-17-92-15-13-90-11-9-85-84(88)125-82-6-4-2-1-3-5-7-82/h1-2,82H,3-81H2,(H,85,88)(H,86,87)/b2-1+. The molecule has 1 rings (SSSR count). The second kappa shape index (κ2) is 112. The molecule has 1 unspecified atom stereocenters. The zero-order valence-corrected chi connectivity index (χ0v) is 75.5. The van der Waals surface area contributed by atoms with Crippen molar-refractivity contribution in [3.8, 4) is 0 Å². The summed E-state index contributed by atoms with van der Waals surface area (Å²) < 4.78 is 204. The van der Waals surface area contributed by atoms with Crippen LogP contribution in [-0.2, 0) is 180 Å². The van der Waals surface area contributed by atoms with Gasteiger partial charge in [0.05, 0.1) is 482 Å². The van der Waals surface area contributed by atoms with Crippen molar-refractivity contribution in [2.45, 2.75) is 44.6 Å². The van der Waals surface area contributed by atoms with Crippen LogP contribution in [0.1, 0.15) is 38.5 Å². The molecule has 41 nitrogen and oxygen atoms in total. The maximum atomic E-state index is 12.0. The molecule has 125 heavy (non-hydrogen) atoms. The van der Waals surface area contributed by atoms with Crippen LogP contribution in [0.25, 0.3) is 0 Å². The molecule has 1 aliphatic rings. The van der Waals surface area contributed by atoms with Gasteiger partial charge in [0.2, 0.25) is 0 Å². The van der Waals surface area contributed by atoms with E-state index in [2.05, 4.69) is 17.5 Å². The summed E-state index contributed by atoms with van der Waals surface area (Å²) in [4.78, 5) is 22.4. The SMILES string of the molecule is O=C(O)CCOCCOCCOCCOCCOCCOCCOCCOCCOCCOCCOCCOCCOCCOCCOCCOCCOCCOCCOCCOCCOCCOCCOCCOCCOCCOCCOCCOCCOCCOCCOCCOCCOCCOCCOCCOCCNC(=O)OC1CC/C=C/CCC1. The minimum Gasteiger partial charge on any atom is -0.481 e. The predicted octanol–water partition coefficient (Wildman–Crippen LogP) is 2.67. The van der Waals surface area contributed by atoms with E-state index in [-0.39, 0.29) is 25.2 Å². The zero-order valence-electron chi connectivity index (χ0n) is 75.5. The number of nitrogens with one attached hydrogen (secondary N) is 1. The maximum Gasteiger partial charge on any atom is 0.407 e. The quantitative estimate of drug-likeness (QED) is 0.0653. The smallest absolute Gasteiger partial charge is 0.407 e. The van der Waals surface area contributed by atoms with Crippen LogP contribution in [0.3, 0.4) is 0 Å². The second-order valence-electron chi connectivity index (χ2n) is 26.1. The van der Waals surface area contributed by atoms with Gasteiger partial charge in [0.1, 0.15) is 6.10 Å². The average Bonchev–Trinajstić information content (AvgIpc) is 0.950. The summed E-state index contributed by atoms with van der Waals surface area (Å²) >= 11 is 0. The molecule has 1 amide bonds. The molecule has 0 aliphatic heterocycles. The van der Waals surface area contributed by atoms with Crippen LogP contribution in [0.2, 0.25) is 0 Å². The minimum atomic E-state index is -0.882. The van der Waals surface area contributed by atoms with Crippen molar-refractivity contribution < 1.29 is 190 Å². The molecule has 0 aromatic heterocycles. The molecule has 1 atom stereocenters. The number of carbonyl (C=O) groups is 2. The van der Waals surface area contributed by atoms with Gasteiger partial charge in [-0.1, -0.05) is 12.2 Å². The van der Waals surface area contributed by atoms with Crippen LogP contribution in [0, 0.1) is 0 Å². The van der Waals surface area contributed by atoms with E-state index >= 15 is 0 Å². The maximum absolute atomic E-state index is 12.0. The molecule has 744 valence electrons. The highest BCUT2D eigenvalue weighted by molar-refractivity contribution is 5.67. The number of carbonyl (C=O) groups excluding carboxylic acids is 1. The first-order valence-electron chi connectivity index (χ1n) is 44.8. The Labute approximate surface area is 743 Å². The topological polar surface area (TPSA) is 408 Å². The van der Waals surface area contributed by atoms with Gasteiger partial charge in [0.25, 0.3) is 0 Å². The van der Waals surface area contributed by atoms with Crippen molar-refractivity contribution >= 4 is 12.1 Å². The van der Waals surface area contributed by atoms with Crippen molar-refractivity contribution in [3.63, 3.8) is 0 Å². The van der Waals surface area contributed by atoms with Gasteiger partial charge >= 0.3 is 12.1 Å². The summed E-state index contributed by atoms with van der Waals surface area (Å²) in [7, 11) is 0. The summed E-state index contributed by atoms with van der Waals surface area (Å²) in [6.07, 6.45) is 8.72. The fraction of sp³-hybridized carbons (Fsp3) is 0.952. The summed E-state index contributed by atoms with van der Waals surface area (Å²) in [6, 6.07) is 0. The van der Waals surface area contributed by atoms with E-state index < -0.39 is 5.97 Å². The number of amides is 1. The first-order valence-corrected chi connectivity index (χ1v) is 44.8. The Morgan fingerprint density at radius 1 is 0.192 bits per heavy atom. The molecule has 0 radical (unpaired) electrons. The Balaban J connectivity index is 1.58. The monoisotopic (exact) mass is 1830 g/mol. The predicted molar refractivity (Wildman–Crippen MR) is 452 cm³/mol.